The number of para-hydroxylation sites is 1. The molecule has 0 N–H and O–H groups in total. The number of amides is 1. The number of carbonyl (C=O) groups is 3. The Hall–Kier alpha value is -1.84. The molecule has 1 aromatic carbocycles. The van der Waals surface area contributed by atoms with Crippen molar-refractivity contribution in [1.29, 1.82) is 0 Å². The fraction of sp³-hybridized carbons (Fsp3) is 0.438. The Morgan fingerprint density at radius 3 is 2.42 bits per heavy atom. The Kier molecular flexibility index (Phi) is 6.41. The minimum atomic E-state index is -3.03. The molecule has 1 heterocycles. The zero-order valence-electron chi connectivity index (χ0n) is 13.8. The first-order valence-electron chi connectivity index (χ1n) is 7.58. The number of anilines is 1. The van der Waals surface area contributed by atoms with Crippen molar-refractivity contribution in [3.05, 3.63) is 27.3 Å². The SMILES string of the molecule is CCOC(=O)N1CCCc2cccc(I(OC(C)=O)OC(C)=O)c21. The number of ether oxygens (including phenoxy) is 1. The van der Waals surface area contributed by atoms with Gasteiger partial charge < -0.3 is 0 Å². The van der Waals surface area contributed by atoms with E-state index >= 15 is 0 Å². The van der Waals surface area contributed by atoms with Crippen molar-refractivity contribution in [2.45, 2.75) is 33.6 Å². The van der Waals surface area contributed by atoms with Gasteiger partial charge in [0.2, 0.25) is 0 Å². The first-order chi connectivity index (χ1) is 11.4. The second kappa shape index (κ2) is 8.32. The van der Waals surface area contributed by atoms with Crippen LogP contribution in [-0.4, -0.2) is 31.2 Å². The molecule has 1 aromatic rings. The van der Waals surface area contributed by atoms with Crippen molar-refractivity contribution in [2.75, 3.05) is 18.1 Å². The standard InChI is InChI=1S/C16H20INO6/c1-4-22-16(21)18-10-6-8-13-7-5-9-14(15(13)18)17(23-11(2)19)24-12(3)20/h5,7,9H,4,6,8,10H2,1-3H3. The summed E-state index contributed by atoms with van der Waals surface area (Å²) in [6, 6.07) is 5.48. The molecule has 0 spiro atoms. The van der Waals surface area contributed by atoms with E-state index in [1.165, 1.54) is 18.7 Å². The van der Waals surface area contributed by atoms with Crippen LogP contribution < -0.4 is 4.90 Å². The predicted molar refractivity (Wildman–Crippen MR) is 95.4 cm³/mol. The molecule has 0 saturated carbocycles. The van der Waals surface area contributed by atoms with Crippen molar-refractivity contribution in [2.24, 2.45) is 0 Å². The van der Waals surface area contributed by atoms with Gasteiger partial charge in [-0.2, -0.15) is 0 Å². The van der Waals surface area contributed by atoms with Crippen LogP contribution in [0.4, 0.5) is 10.5 Å². The topological polar surface area (TPSA) is 82.1 Å². The Morgan fingerprint density at radius 1 is 1.17 bits per heavy atom. The van der Waals surface area contributed by atoms with Crippen molar-refractivity contribution in [3.63, 3.8) is 0 Å². The third kappa shape index (κ3) is 4.37. The Balaban J connectivity index is 2.48. The van der Waals surface area contributed by atoms with Gasteiger partial charge in [0.05, 0.1) is 0 Å². The second-order valence-corrected chi connectivity index (χ2v) is 8.34. The fourth-order valence-corrected chi connectivity index (χ4v) is 5.66. The van der Waals surface area contributed by atoms with Gasteiger partial charge >= 0.3 is 149 Å². The Bertz CT molecular complexity index is 631. The first-order valence-corrected chi connectivity index (χ1v) is 10.4. The molecule has 0 fully saturated rings. The molecule has 2 rings (SSSR count). The second-order valence-electron chi connectivity index (χ2n) is 5.06. The number of hydrogen-bond donors (Lipinski definition) is 0. The van der Waals surface area contributed by atoms with Crippen molar-refractivity contribution >= 4 is 44.4 Å². The molecule has 0 atom stereocenters. The zero-order chi connectivity index (χ0) is 17.7. The van der Waals surface area contributed by atoms with E-state index in [0.717, 1.165) is 18.4 Å². The summed E-state index contributed by atoms with van der Waals surface area (Å²) in [6.07, 6.45) is 1.15. The van der Waals surface area contributed by atoms with Gasteiger partial charge in [-0.1, -0.05) is 0 Å². The van der Waals surface area contributed by atoms with Gasteiger partial charge in [-0.3, -0.25) is 0 Å². The number of carbonyl (C=O) groups excluding carboxylic acids is 3. The third-order valence-corrected chi connectivity index (χ3v) is 7.04. The maximum atomic E-state index is 12.3. The normalized spacial score (nSPS) is 13.6. The van der Waals surface area contributed by atoms with E-state index in [0.29, 0.717) is 15.8 Å². The van der Waals surface area contributed by atoms with Crippen molar-refractivity contribution in [3.8, 4) is 0 Å². The van der Waals surface area contributed by atoms with Crippen LogP contribution in [0.2, 0.25) is 0 Å². The summed E-state index contributed by atoms with van der Waals surface area (Å²) in [5.41, 5.74) is 1.60. The Morgan fingerprint density at radius 2 is 1.83 bits per heavy atom. The molecule has 132 valence electrons. The van der Waals surface area contributed by atoms with Crippen LogP contribution in [0, 0.1) is 3.57 Å². The van der Waals surface area contributed by atoms with Crippen LogP contribution in [0.1, 0.15) is 32.8 Å². The van der Waals surface area contributed by atoms with Crippen molar-refractivity contribution < 1.29 is 25.3 Å². The minimum absolute atomic E-state index is 0.267. The summed E-state index contributed by atoms with van der Waals surface area (Å²) in [5.74, 6) is -1.03. The van der Waals surface area contributed by atoms with Gasteiger partial charge in [-0.25, -0.2) is 0 Å². The molecule has 0 saturated heterocycles. The number of rotatable bonds is 4. The molecule has 24 heavy (non-hydrogen) atoms. The van der Waals surface area contributed by atoms with E-state index in [1.54, 1.807) is 13.0 Å². The summed E-state index contributed by atoms with van der Waals surface area (Å²) in [4.78, 5) is 36.7. The van der Waals surface area contributed by atoms with Crippen LogP contribution in [0.3, 0.4) is 0 Å². The molecule has 1 amide bonds. The molecule has 0 aromatic heterocycles. The molecule has 8 heteroatoms. The zero-order valence-corrected chi connectivity index (χ0v) is 16.0. The van der Waals surface area contributed by atoms with E-state index < -0.39 is 38.7 Å². The number of hydrogen-bond acceptors (Lipinski definition) is 6. The molecule has 7 nitrogen and oxygen atoms in total. The van der Waals surface area contributed by atoms with Gasteiger partial charge in [0.1, 0.15) is 0 Å². The van der Waals surface area contributed by atoms with Crippen LogP contribution >= 0.6 is 20.6 Å². The maximum absolute atomic E-state index is 12.3. The van der Waals surface area contributed by atoms with E-state index in [-0.39, 0.29) is 6.61 Å². The molecule has 1 aliphatic rings. The summed E-state index contributed by atoms with van der Waals surface area (Å²) in [5, 5.41) is 0. The molecule has 0 aliphatic carbocycles. The average molecular weight is 449 g/mol. The summed E-state index contributed by atoms with van der Waals surface area (Å²) in [6.45, 7) is 5.06. The van der Waals surface area contributed by atoms with Crippen molar-refractivity contribution in [1.82, 2.24) is 0 Å². The predicted octanol–water partition coefficient (Wildman–Crippen LogP) is 3.23. The summed E-state index contributed by atoms with van der Waals surface area (Å²) >= 11 is -3.03. The van der Waals surface area contributed by atoms with Gasteiger partial charge in [0.25, 0.3) is 0 Å². The van der Waals surface area contributed by atoms with E-state index in [2.05, 4.69) is 0 Å². The van der Waals surface area contributed by atoms with Crippen LogP contribution in [0.15, 0.2) is 18.2 Å². The van der Waals surface area contributed by atoms with Gasteiger partial charge in [-0.05, 0) is 0 Å². The van der Waals surface area contributed by atoms with Gasteiger partial charge in [0, 0.05) is 0 Å². The number of benzene rings is 1. The summed E-state index contributed by atoms with van der Waals surface area (Å²) in [7, 11) is 0. The average Bonchev–Trinajstić information content (AvgIpc) is 2.52. The molecule has 0 bridgehead atoms. The fourth-order valence-electron chi connectivity index (χ4n) is 2.41. The molecule has 0 unspecified atom stereocenters. The number of nitrogens with zero attached hydrogens (tertiary/aromatic N) is 1. The van der Waals surface area contributed by atoms with E-state index in [4.69, 9.17) is 10.9 Å². The monoisotopic (exact) mass is 449 g/mol. The molecular formula is C16H20INO6. The first kappa shape index (κ1) is 18.5. The quantitative estimate of drug-likeness (QED) is 0.657. The number of fused-ring (bicyclic) bond motifs is 1. The summed E-state index contributed by atoms with van der Waals surface area (Å²) < 4.78 is 16.3. The van der Waals surface area contributed by atoms with Gasteiger partial charge in [0.15, 0.2) is 0 Å². The molecular weight excluding hydrogens is 429 g/mol. The van der Waals surface area contributed by atoms with E-state index in [1.807, 2.05) is 12.1 Å². The van der Waals surface area contributed by atoms with E-state index in [9.17, 15) is 14.4 Å². The third-order valence-electron chi connectivity index (χ3n) is 3.18. The number of halogens is 1. The van der Waals surface area contributed by atoms with Crippen LogP contribution in [-0.2, 0) is 26.9 Å². The molecule has 0 radical (unpaired) electrons. The molecule has 1 aliphatic heterocycles. The van der Waals surface area contributed by atoms with Gasteiger partial charge in [-0.15, -0.1) is 0 Å². The van der Waals surface area contributed by atoms with Crippen LogP contribution in [0.25, 0.3) is 0 Å². The number of aryl methyl sites for hydroxylation is 1. The Labute approximate surface area is 148 Å². The van der Waals surface area contributed by atoms with Crippen LogP contribution in [0.5, 0.6) is 0 Å².